The summed E-state index contributed by atoms with van der Waals surface area (Å²) in [7, 11) is 0. The van der Waals surface area contributed by atoms with E-state index in [0.717, 1.165) is 10.7 Å². The highest BCUT2D eigenvalue weighted by Gasteiger charge is 2.30. The van der Waals surface area contributed by atoms with E-state index in [9.17, 15) is 0 Å². The molecule has 0 radical (unpaired) electrons. The molecule has 2 aromatic rings. The molecule has 2 nitrogen and oxygen atoms in total. The second-order valence-electron chi connectivity index (χ2n) is 6.58. The lowest BCUT2D eigenvalue weighted by atomic mass is 9.92. The van der Waals surface area contributed by atoms with Crippen LogP contribution in [-0.4, -0.2) is 11.0 Å². The molecule has 1 aliphatic rings. The fourth-order valence-corrected chi connectivity index (χ4v) is 3.68. The summed E-state index contributed by atoms with van der Waals surface area (Å²) in [6.45, 7) is 6.78. The first kappa shape index (κ1) is 13.6. The molecule has 1 aliphatic carbocycles. The maximum Gasteiger partial charge on any atom is 0.0901 e. The predicted molar refractivity (Wildman–Crippen MR) is 87.3 cm³/mol. The van der Waals surface area contributed by atoms with Gasteiger partial charge in [0.1, 0.15) is 0 Å². The van der Waals surface area contributed by atoms with Gasteiger partial charge in [-0.05, 0) is 43.7 Å². The zero-order chi connectivity index (χ0) is 14.2. The number of hydrogen-bond donors (Lipinski definition) is 1. The van der Waals surface area contributed by atoms with Crippen molar-refractivity contribution in [1.82, 2.24) is 4.98 Å². The number of benzene rings is 1. The van der Waals surface area contributed by atoms with Crippen molar-refractivity contribution >= 4 is 17.0 Å². The van der Waals surface area contributed by atoms with E-state index in [1.165, 1.54) is 30.5 Å². The number of aryl methyl sites for hydroxylation is 1. The molecule has 0 aliphatic heterocycles. The molecule has 3 rings (SSSR count). The first-order chi connectivity index (χ1) is 9.52. The number of thiazole rings is 1. The Morgan fingerprint density at radius 3 is 2.85 bits per heavy atom. The molecule has 1 heterocycles. The van der Waals surface area contributed by atoms with E-state index in [4.69, 9.17) is 0 Å². The molecule has 1 unspecified atom stereocenters. The summed E-state index contributed by atoms with van der Waals surface area (Å²) in [5, 5.41) is 6.94. The van der Waals surface area contributed by atoms with Crippen molar-refractivity contribution in [3.63, 3.8) is 0 Å². The lowest BCUT2D eigenvalue weighted by Gasteiger charge is -2.18. The van der Waals surface area contributed by atoms with Crippen LogP contribution in [-0.2, 0) is 0 Å². The minimum absolute atomic E-state index is 0.487. The molecule has 0 spiro atoms. The highest BCUT2D eigenvalue weighted by molar-refractivity contribution is 7.09. The second-order valence-corrected chi connectivity index (χ2v) is 7.64. The maximum absolute atomic E-state index is 4.57. The number of hydrogen-bond acceptors (Lipinski definition) is 3. The van der Waals surface area contributed by atoms with Crippen LogP contribution in [0.4, 0.5) is 5.69 Å². The Kier molecular flexibility index (Phi) is 3.55. The predicted octanol–water partition coefficient (Wildman–Crippen LogP) is 5.11. The van der Waals surface area contributed by atoms with Crippen molar-refractivity contribution in [3.8, 4) is 11.3 Å². The Labute approximate surface area is 125 Å². The van der Waals surface area contributed by atoms with Gasteiger partial charge in [-0.3, -0.25) is 0 Å². The van der Waals surface area contributed by atoms with Crippen molar-refractivity contribution in [2.75, 3.05) is 5.32 Å². The summed E-state index contributed by atoms with van der Waals surface area (Å²) in [6.07, 6.45) is 3.84. The Balaban J connectivity index is 1.75. The molecular weight excluding hydrogens is 264 g/mol. The van der Waals surface area contributed by atoms with Gasteiger partial charge in [0.05, 0.1) is 10.7 Å². The van der Waals surface area contributed by atoms with Crippen molar-refractivity contribution in [1.29, 1.82) is 0 Å². The molecular formula is C17H22N2S. The molecule has 106 valence electrons. The van der Waals surface area contributed by atoms with Gasteiger partial charge in [-0.1, -0.05) is 26.0 Å². The first-order valence-electron chi connectivity index (χ1n) is 7.31. The van der Waals surface area contributed by atoms with E-state index in [1.807, 2.05) is 0 Å². The van der Waals surface area contributed by atoms with Crippen LogP contribution >= 0.6 is 11.3 Å². The van der Waals surface area contributed by atoms with Crippen molar-refractivity contribution in [2.45, 2.75) is 46.1 Å². The lowest BCUT2D eigenvalue weighted by molar-refractivity contribution is 0.378. The normalized spacial score (nSPS) is 21.1. The van der Waals surface area contributed by atoms with Gasteiger partial charge in [0.15, 0.2) is 0 Å². The van der Waals surface area contributed by atoms with Crippen LogP contribution in [0.3, 0.4) is 0 Å². The fraction of sp³-hybridized carbons (Fsp3) is 0.471. The van der Waals surface area contributed by atoms with Crippen LogP contribution in [0.5, 0.6) is 0 Å². The SMILES string of the molecule is Cc1nc(-c2cccc(NC3CCC(C)(C)C3)c2)cs1. The zero-order valence-electron chi connectivity index (χ0n) is 12.4. The molecule has 1 N–H and O–H groups in total. The van der Waals surface area contributed by atoms with Gasteiger partial charge in [-0.15, -0.1) is 11.3 Å². The van der Waals surface area contributed by atoms with Gasteiger partial charge in [-0.2, -0.15) is 0 Å². The summed E-state index contributed by atoms with van der Waals surface area (Å²) in [4.78, 5) is 4.57. The van der Waals surface area contributed by atoms with Gasteiger partial charge in [-0.25, -0.2) is 4.98 Å². The zero-order valence-corrected chi connectivity index (χ0v) is 13.3. The number of nitrogens with one attached hydrogen (secondary N) is 1. The highest BCUT2D eigenvalue weighted by Crippen LogP contribution is 2.38. The van der Waals surface area contributed by atoms with E-state index in [-0.39, 0.29) is 0 Å². The van der Waals surface area contributed by atoms with Crippen LogP contribution in [0, 0.1) is 12.3 Å². The number of rotatable bonds is 3. The van der Waals surface area contributed by atoms with Crippen LogP contribution in [0.1, 0.15) is 38.1 Å². The quantitative estimate of drug-likeness (QED) is 0.848. The van der Waals surface area contributed by atoms with Crippen LogP contribution in [0.25, 0.3) is 11.3 Å². The largest absolute Gasteiger partial charge is 0.382 e. The Morgan fingerprint density at radius 2 is 2.20 bits per heavy atom. The molecule has 0 bridgehead atoms. The molecule has 1 saturated carbocycles. The molecule has 1 aromatic carbocycles. The number of aromatic nitrogens is 1. The fourth-order valence-electron chi connectivity index (χ4n) is 3.06. The number of nitrogens with zero attached hydrogens (tertiary/aromatic N) is 1. The molecule has 1 atom stereocenters. The van der Waals surface area contributed by atoms with Crippen LogP contribution in [0.15, 0.2) is 29.6 Å². The molecule has 20 heavy (non-hydrogen) atoms. The van der Waals surface area contributed by atoms with E-state index < -0.39 is 0 Å². The van der Waals surface area contributed by atoms with Crippen LogP contribution < -0.4 is 5.32 Å². The van der Waals surface area contributed by atoms with Gasteiger partial charge in [0.25, 0.3) is 0 Å². The third-order valence-corrected chi connectivity index (χ3v) is 4.89. The molecule has 3 heteroatoms. The summed E-state index contributed by atoms with van der Waals surface area (Å²) in [6, 6.07) is 9.25. The summed E-state index contributed by atoms with van der Waals surface area (Å²) < 4.78 is 0. The smallest absolute Gasteiger partial charge is 0.0901 e. The van der Waals surface area contributed by atoms with Gasteiger partial charge >= 0.3 is 0 Å². The van der Waals surface area contributed by atoms with Gasteiger partial charge in [0.2, 0.25) is 0 Å². The number of anilines is 1. The molecule has 0 amide bonds. The summed E-state index contributed by atoms with van der Waals surface area (Å²) in [5.41, 5.74) is 4.00. The average molecular weight is 286 g/mol. The van der Waals surface area contributed by atoms with E-state index in [1.54, 1.807) is 11.3 Å². The molecule has 1 fully saturated rings. The van der Waals surface area contributed by atoms with Crippen molar-refractivity contribution in [2.24, 2.45) is 5.41 Å². The molecule has 0 saturated heterocycles. The minimum Gasteiger partial charge on any atom is -0.382 e. The third-order valence-electron chi connectivity index (χ3n) is 4.12. The Hall–Kier alpha value is -1.35. The van der Waals surface area contributed by atoms with E-state index in [0.29, 0.717) is 11.5 Å². The van der Waals surface area contributed by atoms with Crippen LogP contribution in [0.2, 0.25) is 0 Å². The van der Waals surface area contributed by atoms with Gasteiger partial charge < -0.3 is 5.32 Å². The maximum atomic E-state index is 4.57. The Morgan fingerprint density at radius 1 is 1.35 bits per heavy atom. The molecule has 1 aromatic heterocycles. The standard InChI is InChI=1S/C17H22N2S/c1-12-18-16(11-20-12)13-5-4-6-14(9-13)19-15-7-8-17(2,3)10-15/h4-6,9,11,15,19H,7-8,10H2,1-3H3. The second kappa shape index (κ2) is 5.21. The monoisotopic (exact) mass is 286 g/mol. The third kappa shape index (κ3) is 3.04. The van der Waals surface area contributed by atoms with Crippen molar-refractivity contribution in [3.05, 3.63) is 34.7 Å². The minimum atomic E-state index is 0.487. The summed E-state index contributed by atoms with van der Waals surface area (Å²) in [5.74, 6) is 0. The highest BCUT2D eigenvalue weighted by atomic mass is 32.1. The van der Waals surface area contributed by atoms with Crippen molar-refractivity contribution < 1.29 is 0 Å². The first-order valence-corrected chi connectivity index (χ1v) is 8.19. The van der Waals surface area contributed by atoms with E-state index in [2.05, 4.69) is 60.7 Å². The van der Waals surface area contributed by atoms with E-state index >= 15 is 0 Å². The van der Waals surface area contributed by atoms with Gasteiger partial charge in [0, 0.05) is 22.7 Å². The lowest BCUT2D eigenvalue weighted by Crippen LogP contribution is -2.17. The average Bonchev–Trinajstić information content (AvgIpc) is 2.96. The topological polar surface area (TPSA) is 24.9 Å². The Bertz CT molecular complexity index is 601. The summed E-state index contributed by atoms with van der Waals surface area (Å²) >= 11 is 1.71.